The third kappa shape index (κ3) is 6.30. The number of piperazine rings is 1. The van der Waals surface area contributed by atoms with Gasteiger partial charge >= 0.3 is 12.7 Å². The number of fused-ring (bicyclic) bond motifs is 1. The summed E-state index contributed by atoms with van der Waals surface area (Å²) in [6.07, 6.45) is 6.69. The molecule has 0 radical (unpaired) electrons. The molecule has 1 atom stereocenters. The summed E-state index contributed by atoms with van der Waals surface area (Å²) in [7, 11) is 1.72. The highest BCUT2D eigenvalue weighted by Crippen LogP contribution is 2.37. The fourth-order valence-corrected chi connectivity index (χ4v) is 6.12. The molecule has 0 unspecified atom stereocenters. The molecule has 6 rings (SSSR count). The van der Waals surface area contributed by atoms with Crippen molar-refractivity contribution in [1.29, 1.82) is 0 Å². The number of carbonyl (C=O) groups excluding carboxylic acids is 1. The molecule has 0 aromatic carbocycles. The van der Waals surface area contributed by atoms with Crippen LogP contribution in [0, 0.1) is 0 Å². The highest BCUT2D eigenvalue weighted by atomic mass is 19.3. The summed E-state index contributed by atoms with van der Waals surface area (Å²) in [6, 6.07) is 8.07. The molecule has 13 heteroatoms. The lowest BCUT2D eigenvalue weighted by Gasteiger charge is -2.43. The van der Waals surface area contributed by atoms with Crippen LogP contribution >= 0.6 is 0 Å². The number of hydrogen-bond donors (Lipinski definition) is 0. The number of ether oxygens (including phenoxy) is 4. The van der Waals surface area contributed by atoms with E-state index in [1.165, 1.54) is 0 Å². The Labute approximate surface area is 249 Å². The number of anilines is 1. The second-order valence-corrected chi connectivity index (χ2v) is 11.4. The van der Waals surface area contributed by atoms with Crippen LogP contribution in [0.15, 0.2) is 42.9 Å². The first-order valence-electron chi connectivity index (χ1n) is 14.8. The molecule has 0 N–H and O–H groups in total. The molecule has 0 saturated carbocycles. The van der Waals surface area contributed by atoms with Gasteiger partial charge < -0.3 is 28.7 Å². The van der Waals surface area contributed by atoms with E-state index in [1.807, 2.05) is 36.0 Å². The Hall–Kier alpha value is -3.39. The number of likely N-dealkylation sites (tertiary alicyclic amines) is 1. The second kappa shape index (κ2) is 12.7. The minimum absolute atomic E-state index is 0.00209. The Kier molecular flexibility index (Phi) is 8.75. The molecule has 3 aliphatic heterocycles. The number of alkyl halides is 2. The lowest BCUT2D eigenvalue weighted by Crippen LogP contribution is -2.51. The first-order valence-corrected chi connectivity index (χ1v) is 14.8. The number of carbonyl (C=O) groups is 1. The van der Waals surface area contributed by atoms with Crippen molar-refractivity contribution in [2.75, 3.05) is 71.1 Å². The van der Waals surface area contributed by atoms with Gasteiger partial charge in [0.05, 0.1) is 42.3 Å². The predicted molar refractivity (Wildman–Crippen MR) is 154 cm³/mol. The normalized spacial score (nSPS) is 20.4. The van der Waals surface area contributed by atoms with E-state index in [0.29, 0.717) is 52.5 Å². The Balaban J connectivity index is 1.11. The number of nitrogens with zero attached hydrogens (tertiary/aromatic N) is 6. The van der Waals surface area contributed by atoms with Gasteiger partial charge in [-0.1, -0.05) is 6.07 Å². The van der Waals surface area contributed by atoms with E-state index in [1.54, 1.807) is 18.2 Å². The number of methoxy groups -OCH3 is 1. The van der Waals surface area contributed by atoms with Crippen molar-refractivity contribution in [1.82, 2.24) is 24.4 Å². The molecule has 0 bridgehead atoms. The van der Waals surface area contributed by atoms with Crippen LogP contribution in [0.5, 0.6) is 0 Å². The smallest absolute Gasteiger partial charge is 0.410 e. The van der Waals surface area contributed by atoms with Crippen LogP contribution in [-0.2, 0) is 24.5 Å². The van der Waals surface area contributed by atoms with Crippen molar-refractivity contribution in [3.8, 4) is 11.3 Å². The van der Waals surface area contributed by atoms with Crippen molar-refractivity contribution in [3.63, 3.8) is 0 Å². The molecule has 3 aromatic heterocycles. The average Bonchev–Trinajstić information content (AvgIpc) is 3.46. The van der Waals surface area contributed by atoms with Crippen LogP contribution in [-0.4, -0.2) is 115 Å². The van der Waals surface area contributed by atoms with Gasteiger partial charge in [-0.3, -0.25) is 9.88 Å². The third-order valence-corrected chi connectivity index (χ3v) is 8.91. The van der Waals surface area contributed by atoms with E-state index >= 15 is 0 Å². The van der Waals surface area contributed by atoms with E-state index in [4.69, 9.17) is 19.2 Å². The Morgan fingerprint density at radius 2 is 1.88 bits per heavy atom. The van der Waals surface area contributed by atoms with Crippen molar-refractivity contribution in [2.24, 2.45) is 0 Å². The molecular weight excluding hydrogens is 562 g/mol. The van der Waals surface area contributed by atoms with Crippen LogP contribution in [0.2, 0.25) is 0 Å². The summed E-state index contributed by atoms with van der Waals surface area (Å²) in [5.74, 6) is 0. The maximum absolute atomic E-state index is 12.5. The monoisotopic (exact) mass is 600 g/mol. The van der Waals surface area contributed by atoms with Crippen LogP contribution < -0.4 is 4.90 Å². The third-order valence-electron chi connectivity index (χ3n) is 8.91. The molecular formula is C30H38F2N6O5. The number of hydrogen-bond acceptors (Lipinski definition) is 9. The van der Waals surface area contributed by atoms with E-state index in [2.05, 4.69) is 31.8 Å². The van der Waals surface area contributed by atoms with E-state index in [-0.39, 0.29) is 24.8 Å². The minimum atomic E-state index is -2.75. The minimum Gasteiger partial charge on any atom is -0.441 e. The molecule has 232 valence electrons. The summed E-state index contributed by atoms with van der Waals surface area (Å²) in [4.78, 5) is 23.4. The fraction of sp³-hybridized carbons (Fsp3) is 0.567. The topological polar surface area (TPSA) is 93.9 Å². The standard InChI is InChI=1S/C30H38F2N6O5/c1-21(18-42-28(31)32)35-9-6-30(40-2,7-10-35)23-3-4-25(33-16-23)22-15-27-26(5-8-34-38(27)17-22)36-11-13-37(14-12-36)29(39)43-24-19-41-20-24/h3-5,8,15-17,21,24,28H,6-7,9-14,18-20H2,1-2H3/t21-/m1/s1. The zero-order valence-corrected chi connectivity index (χ0v) is 24.5. The summed E-state index contributed by atoms with van der Waals surface area (Å²) < 4.78 is 47.9. The maximum Gasteiger partial charge on any atom is 0.410 e. The Morgan fingerprint density at radius 1 is 1.12 bits per heavy atom. The van der Waals surface area contributed by atoms with Gasteiger partial charge in [0, 0.05) is 82.1 Å². The molecule has 3 aliphatic rings. The van der Waals surface area contributed by atoms with Crippen LogP contribution in [0.3, 0.4) is 0 Å². The number of pyridine rings is 1. The summed E-state index contributed by atoms with van der Waals surface area (Å²) in [5.41, 5.74) is 4.32. The van der Waals surface area contributed by atoms with Gasteiger partial charge in [-0.15, -0.1) is 0 Å². The average molecular weight is 601 g/mol. The lowest BCUT2D eigenvalue weighted by atomic mass is 9.84. The lowest BCUT2D eigenvalue weighted by molar-refractivity contribution is -0.145. The molecule has 43 heavy (non-hydrogen) atoms. The number of piperidine rings is 1. The van der Waals surface area contributed by atoms with Crippen molar-refractivity contribution in [2.45, 2.75) is 44.1 Å². The molecule has 3 saturated heterocycles. The summed E-state index contributed by atoms with van der Waals surface area (Å²) in [6.45, 7) is 4.08. The van der Waals surface area contributed by atoms with Crippen molar-refractivity contribution in [3.05, 3.63) is 48.4 Å². The van der Waals surface area contributed by atoms with E-state index < -0.39 is 12.2 Å². The largest absolute Gasteiger partial charge is 0.441 e. The molecule has 11 nitrogen and oxygen atoms in total. The maximum atomic E-state index is 12.5. The quantitative estimate of drug-likeness (QED) is 0.365. The van der Waals surface area contributed by atoms with Gasteiger partial charge in [-0.05, 0) is 38.0 Å². The summed E-state index contributed by atoms with van der Waals surface area (Å²) >= 11 is 0. The molecule has 3 aromatic rings. The number of halogens is 2. The predicted octanol–water partition coefficient (Wildman–Crippen LogP) is 3.62. The Morgan fingerprint density at radius 3 is 2.51 bits per heavy atom. The van der Waals surface area contributed by atoms with Gasteiger partial charge in [0.25, 0.3) is 0 Å². The summed E-state index contributed by atoms with van der Waals surface area (Å²) in [5, 5.41) is 4.52. The van der Waals surface area contributed by atoms with Gasteiger partial charge in [0.1, 0.15) is 0 Å². The molecule has 6 heterocycles. The number of amides is 1. The van der Waals surface area contributed by atoms with Crippen LogP contribution in [0.1, 0.15) is 25.3 Å². The van der Waals surface area contributed by atoms with E-state index in [9.17, 15) is 13.6 Å². The van der Waals surface area contributed by atoms with Gasteiger partial charge in [0.2, 0.25) is 0 Å². The Bertz CT molecular complexity index is 1390. The first kappa shape index (κ1) is 29.7. The first-order chi connectivity index (χ1) is 20.8. The number of aromatic nitrogens is 3. The number of rotatable bonds is 9. The van der Waals surface area contributed by atoms with E-state index in [0.717, 1.165) is 40.9 Å². The van der Waals surface area contributed by atoms with Crippen molar-refractivity contribution >= 4 is 17.3 Å². The van der Waals surface area contributed by atoms with Gasteiger partial charge in [0.15, 0.2) is 6.10 Å². The zero-order chi connectivity index (χ0) is 30.0. The van der Waals surface area contributed by atoms with Crippen LogP contribution in [0.25, 0.3) is 16.8 Å². The second-order valence-electron chi connectivity index (χ2n) is 11.4. The van der Waals surface area contributed by atoms with Crippen molar-refractivity contribution < 1.29 is 32.5 Å². The molecule has 0 aliphatic carbocycles. The SMILES string of the molecule is COC1(c2ccc(-c3cc4c(N5CCN(C(=O)OC6COC6)CC5)ccnn4c3)nc2)CCN([C@H](C)COC(F)F)CC1. The molecule has 0 spiro atoms. The van der Waals surface area contributed by atoms with Crippen LogP contribution in [0.4, 0.5) is 19.3 Å². The van der Waals surface area contributed by atoms with Gasteiger partial charge in [-0.25, -0.2) is 9.31 Å². The highest BCUT2D eigenvalue weighted by molar-refractivity contribution is 5.79. The fourth-order valence-electron chi connectivity index (χ4n) is 6.12. The molecule has 1 amide bonds. The van der Waals surface area contributed by atoms with Gasteiger partial charge in [-0.2, -0.15) is 13.9 Å². The molecule has 3 fully saturated rings. The zero-order valence-electron chi connectivity index (χ0n) is 24.5. The highest BCUT2D eigenvalue weighted by Gasteiger charge is 2.38.